The molecule has 0 atom stereocenters. The number of aryl methyl sites for hydroxylation is 1. The van der Waals surface area contributed by atoms with Crippen molar-refractivity contribution in [1.29, 1.82) is 0 Å². The molecule has 1 N–H and O–H groups in total. The molecule has 0 heterocycles. The Hall–Kier alpha value is -2.82. The first-order chi connectivity index (χ1) is 14.2. The van der Waals surface area contributed by atoms with Crippen LogP contribution in [0.2, 0.25) is 0 Å². The van der Waals surface area contributed by atoms with Crippen molar-refractivity contribution in [2.75, 3.05) is 13.2 Å². The number of hydrogen-bond donors (Lipinski definition) is 1. The molecule has 3 aromatic carbocycles. The van der Waals surface area contributed by atoms with Gasteiger partial charge in [0.2, 0.25) is 0 Å². The Morgan fingerprint density at radius 2 is 1.45 bits per heavy atom. The van der Waals surface area contributed by atoms with E-state index < -0.39 is 0 Å². The van der Waals surface area contributed by atoms with Crippen LogP contribution in [0.3, 0.4) is 0 Å². The summed E-state index contributed by atoms with van der Waals surface area (Å²) in [6.07, 6.45) is 0.787. The van der Waals surface area contributed by atoms with Gasteiger partial charge in [-0.1, -0.05) is 60.2 Å². The van der Waals surface area contributed by atoms with Crippen LogP contribution in [0.25, 0.3) is 0 Å². The fourth-order valence-corrected chi connectivity index (χ4v) is 2.97. The van der Waals surface area contributed by atoms with E-state index in [9.17, 15) is 5.11 Å². The standard InChI is InChI=1S/C25H28O4/c1-20-7-5-10-22(13-20)18-27-11-6-12-28-24-14-23(17-26)15-25(16-24)29-19-21-8-3-2-4-9-21/h2-5,7-10,13-16,26H,6,11-12,17-19H2,1H3. The Bertz CT molecular complexity index is 877. The smallest absolute Gasteiger partial charge is 0.123 e. The molecule has 0 fully saturated rings. The first-order valence-electron chi connectivity index (χ1n) is 9.90. The lowest BCUT2D eigenvalue weighted by atomic mass is 10.1. The third-order valence-electron chi connectivity index (χ3n) is 4.42. The molecular formula is C25H28O4. The first-order valence-corrected chi connectivity index (χ1v) is 9.90. The van der Waals surface area contributed by atoms with Crippen LogP contribution in [0.15, 0.2) is 72.8 Å². The second-order valence-electron chi connectivity index (χ2n) is 6.99. The van der Waals surface area contributed by atoms with E-state index in [1.807, 2.05) is 54.6 Å². The van der Waals surface area contributed by atoms with Gasteiger partial charge in [0.05, 0.1) is 26.4 Å². The average molecular weight is 392 g/mol. The van der Waals surface area contributed by atoms with Crippen molar-refractivity contribution in [2.24, 2.45) is 0 Å². The van der Waals surface area contributed by atoms with Crippen molar-refractivity contribution >= 4 is 0 Å². The SMILES string of the molecule is Cc1cccc(COCCCOc2cc(CO)cc(OCc3ccccc3)c2)c1. The summed E-state index contributed by atoms with van der Waals surface area (Å²) >= 11 is 0. The van der Waals surface area contributed by atoms with Gasteiger partial charge in [0.1, 0.15) is 18.1 Å². The summed E-state index contributed by atoms with van der Waals surface area (Å²) in [4.78, 5) is 0. The Morgan fingerprint density at radius 3 is 2.21 bits per heavy atom. The molecule has 29 heavy (non-hydrogen) atoms. The quantitative estimate of drug-likeness (QED) is 0.464. The Labute approximate surface area is 172 Å². The molecule has 0 aliphatic carbocycles. The van der Waals surface area contributed by atoms with E-state index in [0.29, 0.717) is 37.9 Å². The highest BCUT2D eigenvalue weighted by Gasteiger charge is 2.04. The average Bonchev–Trinajstić information content (AvgIpc) is 2.75. The molecule has 4 nitrogen and oxygen atoms in total. The van der Waals surface area contributed by atoms with E-state index in [4.69, 9.17) is 14.2 Å². The zero-order chi connectivity index (χ0) is 20.3. The lowest BCUT2D eigenvalue weighted by molar-refractivity contribution is 0.107. The van der Waals surface area contributed by atoms with Crippen LogP contribution in [0.5, 0.6) is 11.5 Å². The molecule has 0 saturated carbocycles. The largest absolute Gasteiger partial charge is 0.493 e. The van der Waals surface area contributed by atoms with Gasteiger partial charge >= 0.3 is 0 Å². The summed E-state index contributed by atoms with van der Waals surface area (Å²) in [5, 5.41) is 9.51. The maximum Gasteiger partial charge on any atom is 0.123 e. The summed E-state index contributed by atoms with van der Waals surface area (Å²) in [5.41, 5.74) is 4.28. The molecule has 0 aliphatic rings. The van der Waals surface area contributed by atoms with E-state index in [1.54, 1.807) is 0 Å². The van der Waals surface area contributed by atoms with Crippen LogP contribution >= 0.6 is 0 Å². The zero-order valence-electron chi connectivity index (χ0n) is 16.8. The van der Waals surface area contributed by atoms with Gasteiger partial charge in [-0.15, -0.1) is 0 Å². The summed E-state index contributed by atoms with van der Waals surface area (Å²) in [7, 11) is 0. The summed E-state index contributed by atoms with van der Waals surface area (Å²) in [6.45, 7) is 4.28. The van der Waals surface area contributed by atoms with Gasteiger partial charge in [-0.05, 0) is 35.7 Å². The molecule has 0 aromatic heterocycles. The van der Waals surface area contributed by atoms with Crippen molar-refractivity contribution < 1.29 is 19.3 Å². The number of hydrogen-bond acceptors (Lipinski definition) is 4. The number of ether oxygens (including phenoxy) is 3. The summed E-state index contributed by atoms with van der Waals surface area (Å²) < 4.78 is 17.4. The van der Waals surface area contributed by atoms with E-state index >= 15 is 0 Å². The highest BCUT2D eigenvalue weighted by Crippen LogP contribution is 2.24. The van der Waals surface area contributed by atoms with Crippen molar-refractivity contribution in [1.82, 2.24) is 0 Å². The van der Waals surface area contributed by atoms with Crippen LogP contribution in [-0.4, -0.2) is 18.3 Å². The van der Waals surface area contributed by atoms with Crippen molar-refractivity contribution in [3.8, 4) is 11.5 Å². The normalized spacial score (nSPS) is 10.7. The van der Waals surface area contributed by atoms with Crippen LogP contribution in [0, 0.1) is 6.92 Å². The summed E-state index contributed by atoms with van der Waals surface area (Å²) in [5.74, 6) is 1.38. The molecule has 0 bridgehead atoms. The molecule has 0 radical (unpaired) electrons. The predicted molar refractivity (Wildman–Crippen MR) is 114 cm³/mol. The Morgan fingerprint density at radius 1 is 0.690 bits per heavy atom. The van der Waals surface area contributed by atoms with Crippen LogP contribution in [0.1, 0.15) is 28.7 Å². The van der Waals surface area contributed by atoms with Gasteiger partial charge in [0, 0.05) is 12.5 Å². The second kappa shape index (κ2) is 11.2. The van der Waals surface area contributed by atoms with Crippen molar-refractivity contribution in [3.63, 3.8) is 0 Å². The molecule has 152 valence electrons. The van der Waals surface area contributed by atoms with E-state index in [1.165, 1.54) is 11.1 Å². The van der Waals surface area contributed by atoms with Gasteiger partial charge in [-0.3, -0.25) is 0 Å². The molecule has 0 amide bonds. The highest BCUT2D eigenvalue weighted by molar-refractivity contribution is 5.38. The molecular weight excluding hydrogens is 364 g/mol. The number of benzene rings is 3. The zero-order valence-corrected chi connectivity index (χ0v) is 16.8. The molecule has 0 saturated heterocycles. The molecule has 0 unspecified atom stereocenters. The lowest BCUT2D eigenvalue weighted by Crippen LogP contribution is -2.04. The van der Waals surface area contributed by atoms with Crippen LogP contribution < -0.4 is 9.47 Å². The Kier molecular flexibility index (Phi) is 8.11. The maximum atomic E-state index is 9.51. The van der Waals surface area contributed by atoms with Crippen molar-refractivity contribution in [3.05, 3.63) is 95.1 Å². The van der Waals surface area contributed by atoms with Gasteiger partial charge in [0.15, 0.2) is 0 Å². The minimum absolute atomic E-state index is 0.0570. The van der Waals surface area contributed by atoms with Crippen LogP contribution in [-0.2, 0) is 24.6 Å². The lowest BCUT2D eigenvalue weighted by Gasteiger charge is -2.12. The molecule has 3 rings (SSSR count). The van der Waals surface area contributed by atoms with E-state index in [0.717, 1.165) is 17.5 Å². The van der Waals surface area contributed by atoms with E-state index in [2.05, 4.69) is 25.1 Å². The van der Waals surface area contributed by atoms with Gasteiger partial charge in [-0.2, -0.15) is 0 Å². The van der Waals surface area contributed by atoms with Crippen molar-refractivity contribution in [2.45, 2.75) is 33.2 Å². The van der Waals surface area contributed by atoms with Gasteiger partial charge in [0.25, 0.3) is 0 Å². The number of aliphatic hydroxyl groups is 1. The van der Waals surface area contributed by atoms with Gasteiger partial charge in [-0.25, -0.2) is 0 Å². The van der Waals surface area contributed by atoms with E-state index in [-0.39, 0.29) is 6.61 Å². The third-order valence-corrected chi connectivity index (χ3v) is 4.42. The Balaban J connectivity index is 1.43. The minimum atomic E-state index is -0.0570. The topological polar surface area (TPSA) is 47.9 Å². The van der Waals surface area contributed by atoms with Gasteiger partial charge < -0.3 is 19.3 Å². The highest BCUT2D eigenvalue weighted by atomic mass is 16.5. The minimum Gasteiger partial charge on any atom is -0.493 e. The predicted octanol–water partition coefficient (Wildman–Crippen LogP) is 5.05. The maximum absolute atomic E-state index is 9.51. The third kappa shape index (κ3) is 7.26. The fourth-order valence-electron chi connectivity index (χ4n) is 2.97. The second-order valence-corrected chi connectivity index (χ2v) is 6.99. The molecule has 0 spiro atoms. The monoisotopic (exact) mass is 392 g/mol. The first kappa shape index (κ1) is 20.9. The number of rotatable bonds is 11. The van der Waals surface area contributed by atoms with Crippen LogP contribution in [0.4, 0.5) is 0 Å². The summed E-state index contributed by atoms with van der Waals surface area (Å²) in [6, 6.07) is 23.8. The number of aliphatic hydroxyl groups excluding tert-OH is 1. The molecule has 0 aliphatic heterocycles. The fraction of sp³-hybridized carbons (Fsp3) is 0.280. The molecule has 3 aromatic rings. The molecule has 4 heteroatoms.